The SMILES string of the molecule is C=C(C)c1cc(-c2ccc(F)cc2)nn2cc(C(=O)N3CCN(C(=O)[C@H](O)CC(C)(C)C)[C@@H](C)C3)nc12.CC(C)c1cc(-c2ccc(F)cc2)nn2cc(C(=O)N3CCN(C(=O)C(O)c4cccnc4)[C@@H](C)C3)nc12.C[C@H]1CN(C(=O)c2cn3nc(-c4ccc(F)cc4)cc(C(F)(F)F)c3n2)CCN1C(=O)C(O)c1cccnc1. The Morgan fingerprint density at radius 1 is 0.500 bits per heavy atom. The molecule has 3 aliphatic rings. The molecule has 594 valence electrons. The highest BCUT2D eigenvalue weighted by Gasteiger charge is 2.40. The summed E-state index contributed by atoms with van der Waals surface area (Å²) in [6.45, 7) is 23.6. The Bertz CT molecular complexity index is 5390. The molecule has 32 heteroatoms. The zero-order chi connectivity index (χ0) is 81.9. The molecule has 6 amide bonds. The number of aliphatic hydroxyl groups is 3. The second-order valence-electron chi connectivity index (χ2n) is 30.1. The van der Waals surface area contributed by atoms with E-state index in [9.17, 15) is 70.4 Å². The Balaban J connectivity index is 0.000000158. The molecule has 0 aliphatic carbocycles. The zero-order valence-electron chi connectivity index (χ0n) is 64.0. The molecule has 14 rings (SSSR count). The molecule has 3 N–H and O–H groups in total. The molecule has 2 unspecified atom stereocenters. The number of aliphatic hydroxyl groups excluding tert-OH is 3. The van der Waals surface area contributed by atoms with Crippen LogP contribution in [0.2, 0.25) is 0 Å². The van der Waals surface area contributed by atoms with Gasteiger partial charge in [-0.1, -0.05) is 53.3 Å². The minimum atomic E-state index is -4.79. The molecule has 0 spiro atoms. The smallest absolute Gasteiger partial charge is 0.383 e. The number of fused-ring (bicyclic) bond motifs is 3. The molecular weight excluding hydrogens is 1480 g/mol. The summed E-state index contributed by atoms with van der Waals surface area (Å²) in [5, 5.41) is 44.8. The summed E-state index contributed by atoms with van der Waals surface area (Å²) in [4.78, 5) is 109. The number of allylic oxidation sites excluding steroid dienone is 1. The lowest BCUT2D eigenvalue weighted by molar-refractivity contribution is -0.146. The first kappa shape index (κ1) is 81.3. The van der Waals surface area contributed by atoms with Gasteiger partial charge in [-0.3, -0.25) is 38.7 Å². The lowest BCUT2D eigenvalue weighted by atomic mass is 9.88. The van der Waals surface area contributed by atoms with Crippen LogP contribution < -0.4 is 0 Å². The molecule has 0 bridgehead atoms. The Labute approximate surface area is 651 Å². The maximum atomic E-state index is 13.9. The summed E-state index contributed by atoms with van der Waals surface area (Å²) in [5.41, 5.74) is 5.69. The molecule has 8 aromatic heterocycles. The molecule has 3 aliphatic heterocycles. The van der Waals surface area contributed by atoms with Gasteiger partial charge >= 0.3 is 6.18 Å². The third-order valence-corrected chi connectivity index (χ3v) is 19.9. The normalized spacial score (nSPS) is 17.0. The third kappa shape index (κ3) is 18.1. The Morgan fingerprint density at radius 3 is 1.22 bits per heavy atom. The number of pyridine rings is 2. The number of carbonyl (C=O) groups excluding carboxylic acids is 6. The third-order valence-electron chi connectivity index (χ3n) is 19.9. The van der Waals surface area contributed by atoms with E-state index >= 15 is 0 Å². The van der Waals surface area contributed by atoms with Crippen LogP contribution in [0, 0.1) is 22.9 Å². The van der Waals surface area contributed by atoms with Crippen LogP contribution in [0.15, 0.2) is 165 Å². The Morgan fingerprint density at radius 2 is 0.860 bits per heavy atom. The van der Waals surface area contributed by atoms with E-state index in [4.69, 9.17) is 0 Å². The van der Waals surface area contributed by atoms with Crippen molar-refractivity contribution in [1.29, 1.82) is 0 Å². The van der Waals surface area contributed by atoms with Crippen LogP contribution in [0.4, 0.5) is 26.3 Å². The number of aromatic nitrogens is 11. The van der Waals surface area contributed by atoms with Gasteiger partial charge in [-0.15, -0.1) is 0 Å². The lowest BCUT2D eigenvalue weighted by Crippen LogP contribution is -2.57. The van der Waals surface area contributed by atoms with Crippen molar-refractivity contribution in [3.05, 3.63) is 228 Å². The van der Waals surface area contributed by atoms with Crippen molar-refractivity contribution in [2.24, 2.45) is 5.41 Å². The molecule has 3 saturated heterocycles. The van der Waals surface area contributed by atoms with Gasteiger partial charge in [0.25, 0.3) is 35.4 Å². The van der Waals surface area contributed by atoms with Crippen molar-refractivity contribution < 1.29 is 70.4 Å². The average Bonchev–Trinajstić information content (AvgIpc) is 1.60. The summed E-state index contributed by atoms with van der Waals surface area (Å²) in [7, 11) is 0. The van der Waals surface area contributed by atoms with Crippen LogP contribution in [0.25, 0.3) is 56.3 Å². The fourth-order valence-electron chi connectivity index (χ4n) is 13.9. The summed E-state index contributed by atoms with van der Waals surface area (Å²) in [5.74, 6) is -3.46. The number of amides is 6. The van der Waals surface area contributed by atoms with Crippen molar-refractivity contribution in [2.45, 2.75) is 117 Å². The second kappa shape index (κ2) is 33.6. The van der Waals surface area contributed by atoms with Crippen LogP contribution in [-0.4, -0.2) is 217 Å². The van der Waals surface area contributed by atoms with E-state index in [0.717, 1.165) is 56.7 Å². The molecule has 11 heterocycles. The second-order valence-corrected chi connectivity index (χ2v) is 30.1. The quantitative estimate of drug-likeness (QED) is 0.0852. The van der Waals surface area contributed by atoms with E-state index in [1.807, 2.05) is 67.5 Å². The maximum absolute atomic E-state index is 13.9. The maximum Gasteiger partial charge on any atom is 0.420 e. The summed E-state index contributed by atoms with van der Waals surface area (Å²) in [6.07, 6.45) is 2.08. The van der Waals surface area contributed by atoms with Crippen LogP contribution in [-0.2, 0) is 20.6 Å². The highest BCUT2D eigenvalue weighted by atomic mass is 19.4. The first-order valence-electron chi connectivity index (χ1n) is 36.9. The van der Waals surface area contributed by atoms with Crippen molar-refractivity contribution in [3.63, 3.8) is 0 Å². The van der Waals surface area contributed by atoms with Crippen molar-refractivity contribution in [3.8, 4) is 33.8 Å². The molecule has 114 heavy (non-hydrogen) atoms. The molecule has 11 aromatic rings. The number of nitrogens with zero attached hydrogens (tertiary/aromatic N) is 17. The van der Waals surface area contributed by atoms with Gasteiger partial charge in [0.1, 0.15) is 46.2 Å². The number of alkyl halides is 3. The van der Waals surface area contributed by atoms with Gasteiger partial charge < -0.3 is 44.7 Å². The molecule has 26 nitrogen and oxygen atoms in total. The number of hydrogen-bond acceptors (Lipinski definition) is 17. The summed E-state index contributed by atoms with van der Waals surface area (Å²) < 4.78 is 85.9. The van der Waals surface area contributed by atoms with Crippen LogP contribution in [0.1, 0.15) is 146 Å². The number of hydrogen-bond donors (Lipinski definition) is 3. The van der Waals surface area contributed by atoms with Gasteiger partial charge in [0, 0.05) is 141 Å². The van der Waals surface area contributed by atoms with E-state index < -0.39 is 65.3 Å². The van der Waals surface area contributed by atoms with E-state index in [1.54, 1.807) is 103 Å². The number of piperazine rings is 3. The van der Waals surface area contributed by atoms with Crippen LogP contribution in [0.3, 0.4) is 0 Å². The monoisotopic (exact) mass is 1570 g/mol. The van der Waals surface area contributed by atoms with Crippen LogP contribution >= 0.6 is 0 Å². The van der Waals surface area contributed by atoms with Gasteiger partial charge in [-0.25, -0.2) is 41.7 Å². The number of halogens is 6. The Hall–Kier alpha value is -12.2. The summed E-state index contributed by atoms with van der Waals surface area (Å²) >= 11 is 0. The van der Waals surface area contributed by atoms with E-state index in [0.29, 0.717) is 79.5 Å². The highest BCUT2D eigenvalue weighted by Crippen LogP contribution is 2.36. The highest BCUT2D eigenvalue weighted by molar-refractivity contribution is 5.96. The predicted molar refractivity (Wildman–Crippen MR) is 409 cm³/mol. The van der Waals surface area contributed by atoms with Gasteiger partial charge in [-0.2, -0.15) is 28.5 Å². The number of rotatable bonds is 14. The van der Waals surface area contributed by atoms with Crippen molar-refractivity contribution in [2.75, 3.05) is 58.9 Å². The molecule has 3 aromatic carbocycles. The number of imidazole rings is 3. The van der Waals surface area contributed by atoms with Gasteiger partial charge in [0.2, 0.25) is 0 Å². The minimum Gasteiger partial charge on any atom is -0.383 e. The number of benzene rings is 3. The lowest BCUT2D eigenvalue weighted by Gasteiger charge is -2.40. The predicted octanol–water partition coefficient (Wildman–Crippen LogP) is 10.9. The van der Waals surface area contributed by atoms with E-state index in [-0.39, 0.29) is 101 Å². The van der Waals surface area contributed by atoms with Gasteiger partial charge in [0.15, 0.2) is 29.1 Å². The summed E-state index contributed by atoms with van der Waals surface area (Å²) in [6, 6.07) is 27.0. The van der Waals surface area contributed by atoms with E-state index in [2.05, 4.69) is 46.8 Å². The molecular formula is C82H85F6N17O9. The van der Waals surface area contributed by atoms with Gasteiger partial charge in [-0.05, 0) is 154 Å². The zero-order valence-corrected chi connectivity index (χ0v) is 64.0. The van der Waals surface area contributed by atoms with Crippen molar-refractivity contribution >= 4 is 58.0 Å². The van der Waals surface area contributed by atoms with Gasteiger partial charge in [0.05, 0.1) is 35.7 Å². The van der Waals surface area contributed by atoms with E-state index in [1.165, 1.54) is 64.8 Å². The largest absolute Gasteiger partial charge is 0.420 e. The first-order chi connectivity index (χ1) is 54.1. The average molecular weight is 1570 g/mol. The standard InChI is InChI=1S/C28H29FN6O3.C28H34FN5O3.C26H22F4N6O3/c1-17(2)22-13-23(19-6-8-21(29)9-7-19)32-35-16-24(31-26(22)35)27(37)33-11-12-34(18(3)15-33)28(38)25(36)20-5-4-10-30-14-20;1-17(2)21-13-22(19-7-9-20(29)10-8-19)31-34-16-23(30-25(21)34)26(36)32-11-12-33(18(3)15-32)27(37)24(35)14-28(4,5)6;1-15-13-34(9-10-35(15)25(39)22(37)17-3-2-8-31-12-17)24(38)21-14-36-23(32-21)19(26(28,29)30)11-20(33-36)16-4-6-18(27)7-5-16/h4-10,13-14,16-18,25,36H,11-12,15H2,1-3H3;7-10,13,16,18,24,35H,1,11-12,14-15H2,2-6H3;2-8,11-12,14-15,22,37H,9-10,13H2,1H3/t18-,25?;18-,24+;15-,22?/m000/s1. The molecule has 3 fully saturated rings. The Kier molecular flexibility index (Phi) is 24.0. The first-order valence-corrected chi connectivity index (χ1v) is 36.9. The topological polar surface area (TPSA) is 299 Å². The fraction of sp³-hybridized carbons (Fsp3) is 0.341. The van der Waals surface area contributed by atoms with Crippen LogP contribution in [0.5, 0.6) is 0 Å². The fourth-order valence-corrected chi connectivity index (χ4v) is 13.9. The molecule has 0 radical (unpaired) electrons. The number of carbonyl (C=O) groups is 6. The van der Waals surface area contributed by atoms with Crippen molar-refractivity contribution in [1.82, 2.24) is 83.2 Å². The molecule has 0 saturated carbocycles. The minimum absolute atomic E-state index is 0.0702. The molecule has 6 atom stereocenters.